The first kappa shape index (κ1) is 17.3. The number of aliphatic hydroxyl groups is 1. The number of fused-ring (bicyclic) bond motifs is 1. The summed E-state index contributed by atoms with van der Waals surface area (Å²) in [7, 11) is 0. The van der Waals surface area contributed by atoms with Gasteiger partial charge in [0.15, 0.2) is 0 Å². The molecule has 132 valence electrons. The minimum Gasteiger partial charge on any atom is -0.478 e. The van der Waals surface area contributed by atoms with Crippen molar-refractivity contribution < 1.29 is 19.8 Å². The number of hydrogen-bond acceptors (Lipinski definition) is 5. The molecule has 0 unspecified atom stereocenters. The zero-order valence-electron chi connectivity index (χ0n) is 13.9. The van der Waals surface area contributed by atoms with Gasteiger partial charge in [0.05, 0.1) is 23.3 Å². The predicted octanol–water partition coefficient (Wildman–Crippen LogP) is 2.33. The molecule has 1 amide bonds. The molecule has 0 fully saturated rings. The molecule has 0 bridgehead atoms. The second-order valence-electron chi connectivity index (χ2n) is 5.72. The van der Waals surface area contributed by atoms with Gasteiger partial charge in [0.25, 0.3) is 5.91 Å². The molecule has 0 saturated carbocycles. The molecule has 2 heterocycles. The van der Waals surface area contributed by atoms with Crippen molar-refractivity contribution in [2.75, 3.05) is 5.32 Å². The van der Waals surface area contributed by atoms with Crippen LogP contribution in [-0.4, -0.2) is 37.0 Å². The molecule has 8 nitrogen and oxygen atoms in total. The number of hydrogen-bond donors (Lipinski definition) is 4. The minimum absolute atomic E-state index is 0.0503. The Morgan fingerprint density at radius 2 is 2.08 bits per heavy atom. The Bertz CT molecular complexity index is 1040. The molecule has 0 radical (unpaired) electrons. The summed E-state index contributed by atoms with van der Waals surface area (Å²) < 4.78 is 0. The van der Waals surface area contributed by atoms with Gasteiger partial charge in [0, 0.05) is 28.6 Å². The lowest BCUT2D eigenvalue weighted by atomic mass is 10.0. The van der Waals surface area contributed by atoms with Crippen molar-refractivity contribution in [3.8, 4) is 11.3 Å². The van der Waals surface area contributed by atoms with Crippen LogP contribution < -0.4 is 5.32 Å². The zero-order chi connectivity index (χ0) is 18.8. The maximum Gasteiger partial charge on any atom is 0.338 e. The Kier molecular flexibility index (Phi) is 4.51. The maximum absolute atomic E-state index is 11.9. The van der Waals surface area contributed by atoms with E-state index < -0.39 is 5.97 Å². The van der Waals surface area contributed by atoms with Crippen LogP contribution in [0, 0.1) is 0 Å². The average Bonchev–Trinajstić information content (AvgIpc) is 3.06. The van der Waals surface area contributed by atoms with Crippen molar-refractivity contribution in [1.82, 2.24) is 15.0 Å². The van der Waals surface area contributed by atoms with Gasteiger partial charge in [-0.3, -0.25) is 4.79 Å². The molecule has 1 aromatic carbocycles. The number of aromatic nitrogens is 3. The molecule has 0 aliphatic heterocycles. The van der Waals surface area contributed by atoms with E-state index in [1.165, 1.54) is 12.5 Å². The van der Waals surface area contributed by atoms with E-state index in [0.29, 0.717) is 39.1 Å². The van der Waals surface area contributed by atoms with Gasteiger partial charge in [0.1, 0.15) is 12.0 Å². The number of H-pyrrole nitrogens is 1. The number of benzene rings is 1. The summed E-state index contributed by atoms with van der Waals surface area (Å²) in [5, 5.41) is 21.9. The smallest absolute Gasteiger partial charge is 0.338 e. The Morgan fingerprint density at radius 3 is 2.73 bits per heavy atom. The number of nitrogens with one attached hydrogen (secondary N) is 2. The highest BCUT2D eigenvalue weighted by molar-refractivity contribution is 6.08. The van der Waals surface area contributed by atoms with E-state index in [0.717, 1.165) is 0 Å². The van der Waals surface area contributed by atoms with Crippen LogP contribution in [0.2, 0.25) is 0 Å². The molecule has 4 N–H and O–H groups in total. The number of anilines is 1. The van der Waals surface area contributed by atoms with E-state index >= 15 is 0 Å². The quantitative estimate of drug-likeness (QED) is 0.522. The topological polar surface area (TPSA) is 128 Å². The van der Waals surface area contributed by atoms with E-state index in [1.807, 2.05) is 0 Å². The third-order valence-corrected chi connectivity index (χ3v) is 3.89. The maximum atomic E-state index is 11.9. The van der Waals surface area contributed by atoms with Crippen molar-refractivity contribution >= 4 is 28.6 Å². The molecule has 0 saturated heterocycles. The Labute approximate surface area is 148 Å². The fourth-order valence-electron chi connectivity index (χ4n) is 2.56. The lowest BCUT2D eigenvalue weighted by Gasteiger charge is -2.12. The first-order valence-corrected chi connectivity index (χ1v) is 7.68. The second-order valence-corrected chi connectivity index (χ2v) is 5.72. The standard InChI is InChI=1S/C18H16N4O4/c1-9(2)17(24)22-13-5-10(3-4-11(13)7-23)15-14-12(18(25)26)6-19-16(14)21-8-20-15/h3-6,8,23H,1,7H2,2H3,(H,22,24)(H,25,26)(H,19,20,21). The van der Waals surface area contributed by atoms with Gasteiger partial charge in [0.2, 0.25) is 0 Å². The third-order valence-electron chi connectivity index (χ3n) is 3.89. The normalized spacial score (nSPS) is 10.7. The Hall–Kier alpha value is -3.52. The van der Waals surface area contributed by atoms with Crippen LogP contribution in [0.25, 0.3) is 22.3 Å². The lowest BCUT2D eigenvalue weighted by molar-refractivity contribution is -0.112. The second kappa shape index (κ2) is 6.77. The van der Waals surface area contributed by atoms with Crippen LogP contribution in [-0.2, 0) is 11.4 Å². The number of carbonyl (C=O) groups is 2. The van der Waals surface area contributed by atoms with Crippen molar-refractivity contribution in [3.05, 3.63) is 54.0 Å². The van der Waals surface area contributed by atoms with E-state index in [9.17, 15) is 19.8 Å². The van der Waals surface area contributed by atoms with Crippen molar-refractivity contribution in [2.45, 2.75) is 13.5 Å². The summed E-state index contributed by atoms with van der Waals surface area (Å²) in [5.74, 6) is -1.48. The summed E-state index contributed by atoms with van der Waals surface area (Å²) in [4.78, 5) is 34.5. The van der Waals surface area contributed by atoms with Crippen LogP contribution in [0.4, 0.5) is 5.69 Å². The van der Waals surface area contributed by atoms with Gasteiger partial charge in [-0.25, -0.2) is 14.8 Å². The number of amides is 1. The summed E-state index contributed by atoms with van der Waals surface area (Å²) in [6, 6.07) is 4.97. The van der Waals surface area contributed by atoms with E-state index in [2.05, 4.69) is 26.8 Å². The van der Waals surface area contributed by atoms with Gasteiger partial charge in [-0.1, -0.05) is 18.7 Å². The molecule has 3 rings (SSSR count). The number of aliphatic hydroxyl groups excluding tert-OH is 1. The number of aromatic amines is 1. The van der Waals surface area contributed by atoms with Gasteiger partial charge in [-0.2, -0.15) is 0 Å². The van der Waals surface area contributed by atoms with Crippen molar-refractivity contribution in [2.24, 2.45) is 0 Å². The number of rotatable bonds is 5. The van der Waals surface area contributed by atoms with Gasteiger partial charge < -0.3 is 20.5 Å². The highest BCUT2D eigenvalue weighted by atomic mass is 16.4. The monoisotopic (exact) mass is 352 g/mol. The number of carboxylic acids is 1. The summed E-state index contributed by atoms with van der Waals surface area (Å²) in [5.41, 5.74) is 2.67. The largest absolute Gasteiger partial charge is 0.478 e. The molecule has 8 heteroatoms. The van der Waals surface area contributed by atoms with Gasteiger partial charge in [-0.15, -0.1) is 0 Å². The fourth-order valence-corrected chi connectivity index (χ4v) is 2.56. The number of aromatic carboxylic acids is 1. The molecule has 2 aromatic heterocycles. The summed E-state index contributed by atoms with van der Waals surface area (Å²) >= 11 is 0. The molecule has 0 aliphatic rings. The zero-order valence-corrected chi connectivity index (χ0v) is 13.9. The van der Waals surface area contributed by atoms with E-state index in [1.54, 1.807) is 25.1 Å². The Balaban J connectivity index is 2.17. The summed E-state index contributed by atoms with van der Waals surface area (Å²) in [6.45, 7) is 4.89. The molecular formula is C18H16N4O4. The van der Waals surface area contributed by atoms with E-state index in [4.69, 9.17) is 0 Å². The van der Waals surface area contributed by atoms with Crippen LogP contribution in [0.1, 0.15) is 22.8 Å². The van der Waals surface area contributed by atoms with Crippen LogP contribution >= 0.6 is 0 Å². The first-order chi connectivity index (χ1) is 12.4. The SMILES string of the molecule is C=C(C)C(=O)Nc1cc(-c2ncnc3[nH]cc(C(=O)O)c23)ccc1CO. The molecule has 0 spiro atoms. The molecule has 0 aliphatic carbocycles. The van der Waals surface area contributed by atoms with Crippen molar-refractivity contribution in [3.63, 3.8) is 0 Å². The van der Waals surface area contributed by atoms with Gasteiger partial charge in [-0.05, 0) is 13.0 Å². The Morgan fingerprint density at radius 1 is 1.31 bits per heavy atom. The van der Waals surface area contributed by atoms with Gasteiger partial charge >= 0.3 is 5.97 Å². The number of carboxylic acid groups (broad SMARTS) is 1. The van der Waals surface area contributed by atoms with E-state index in [-0.39, 0.29) is 18.1 Å². The molecule has 3 aromatic rings. The molecule has 26 heavy (non-hydrogen) atoms. The third kappa shape index (κ3) is 3.05. The van der Waals surface area contributed by atoms with Crippen LogP contribution in [0.3, 0.4) is 0 Å². The molecular weight excluding hydrogens is 336 g/mol. The average molecular weight is 352 g/mol. The number of carbonyl (C=O) groups excluding carboxylic acids is 1. The predicted molar refractivity (Wildman–Crippen MR) is 95.7 cm³/mol. The van der Waals surface area contributed by atoms with Crippen molar-refractivity contribution in [1.29, 1.82) is 0 Å². The molecule has 0 atom stereocenters. The lowest BCUT2D eigenvalue weighted by Crippen LogP contribution is -2.13. The minimum atomic E-state index is -1.10. The van der Waals surface area contributed by atoms with Crippen LogP contribution in [0.15, 0.2) is 42.9 Å². The number of nitrogens with zero attached hydrogens (tertiary/aromatic N) is 2. The first-order valence-electron chi connectivity index (χ1n) is 7.68. The highest BCUT2D eigenvalue weighted by Crippen LogP contribution is 2.31. The summed E-state index contributed by atoms with van der Waals surface area (Å²) in [6.07, 6.45) is 2.68. The highest BCUT2D eigenvalue weighted by Gasteiger charge is 2.18. The van der Waals surface area contributed by atoms with Crippen LogP contribution in [0.5, 0.6) is 0 Å². The fraction of sp³-hybridized carbons (Fsp3) is 0.111.